The van der Waals surface area contributed by atoms with E-state index in [1.54, 1.807) is 12.7 Å². The number of rotatable bonds is 4. The second-order valence-electron chi connectivity index (χ2n) is 7.24. The first-order valence-electron chi connectivity index (χ1n) is 10.4. The molecule has 2 aromatic heterocycles. The van der Waals surface area contributed by atoms with Gasteiger partial charge in [-0.3, -0.25) is 4.79 Å². The number of hydrogen-bond acceptors (Lipinski definition) is 6. The quantitative estimate of drug-likeness (QED) is 0.426. The van der Waals surface area contributed by atoms with E-state index in [9.17, 15) is 9.90 Å². The van der Waals surface area contributed by atoms with Crippen LogP contribution in [0.5, 0.6) is 0 Å². The average molecular weight is 440 g/mol. The number of Topliss-reactive ketones (excluding diaryl/α,β-unsaturated/α-hetero) is 1. The van der Waals surface area contributed by atoms with E-state index >= 15 is 0 Å². The van der Waals surface area contributed by atoms with Crippen LogP contribution in [0.4, 0.5) is 0 Å². The fourth-order valence-electron chi connectivity index (χ4n) is 2.72. The molecule has 0 aliphatic heterocycles. The molecule has 0 aliphatic carbocycles. The lowest BCUT2D eigenvalue weighted by atomic mass is 10.1. The van der Waals surface area contributed by atoms with Crippen molar-refractivity contribution in [3.8, 4) is 22.5 Å². The molecule has 0 saturated carbocycles. The first kappa shape index (κ1) is 25.1. The zero-order chi connectivity index (χ0) is 24.1. The molecular weight excluding hydrogens is 412 g/mol. The van der Waals surface area contributed by atoms with E-state index in [0.29, 0.717) is 0 Å². The third-order valence-corrected chi connectivity index (χ3v) is 4.19. The van der Waals surface area contributed by atoms with Crippen molar-refractivity contribution in [3.05, 3.63) is 109 Å². The lowest BCUT2D eigenvalue weighted by Gasteiger charge is -2.02. The highest BCUT2D eigenvalue weighted by molar-refractivity contribution is 5.77. The second kappa shape index (κ2) is 13.3. The van der Waals surface area contributed by atoms with Crippen LogP contribution in [0.15, 0.2) is 97.8 Å². The molecule has 6 heteroatoms. The maximum Gasteiger partial charge on any atom is 0.132 e. The summed E-state index contributed by atoms with van der Waals surface area (Å²) in [5.74, 6) is -0.437. The number of hydrogen-bond donors (Lipinski definition) is 0. The molecule has 0 radical (unpaired) electrons. The van der Waals surface area contributed by atoms with Gasteiger partial charge in [0, 0.05) is 28.9 Å². The molecule has 33 heavy (non-hydrogen) atoms. The van der Waals surface area contributed by atoms with E-state index in [2.05, 4.69) is 26.5 Å². The normalized spacial score (nSPS) is 9.55. The summed E-state index contributed by atoms with van der Waals surface area (Å²) in [6, 6.07) is 24.2. The first-order valence-corrected chi connectivity index (χ1v) is 10.4. The van der Waals surface area contributed by atoms with Crippen LogP contribution in [0.2, 0.25) is 0 Å². The Morgan fingerprint density at radius 2 is 1.15 bits per heavy atom. The highest BCUT2D eigenvalue weighted by Crippen LogP contribution is 2.16. The van der Waals surface area contributed by atoms with Gasteiger partial charge in [-0.2, -0.15) is 0 Å². The van der Waals surface area contributed by atoms with Crippen LogP contribution in [0, 0.1) is 13.8 Å². The van der Waals surface area contributed by atoms with E-state index in [-0.39, 0.29) is 18.0 Å². The largest absolute Gasteiger partial charge is 0.876 e. The topological polar surface area (TPSA) is 91.7 Å². The van der Waals surface area contributed by atoms with Crippen LogP contribution in [0.3, 0.4) is 0 Å². The summed E-state index contributed by atoms with van der Waals surface area (Å²) in [5, 5.41) is 9.92. The Morgan fingerprint density at radius 1 is 0.758 bits per heavy atom. The minimum atomic E-state index is -0.312. The van der Waals surface area contributed by atoms with E-state index < -0.39 is 0 Å². The van der Waals surface area contributed by atoms with Gasteiger partial charge in [-0.05, 0) is 32.9 Å². The van der Waals surface area contributed by atoms with Gasteiger partial charge in [0.05, 0.1) is 11.4 Å². The highest BCUT2D eigenvalue weighted by Gasteiger charge is 1.98. The van der Waals surface area contributed by atoms with E-state index in [4.69, 9.17) is 0 Å². The lowest BCUT2D eigenvalue weighted by Crippen LogP contribution is -2.05. The summed E-state index contributed by atoms with van der Waals surface area (Å²) in [7, 11) is 0. The Kier molecular flexibility index (Phi) is 10.1. The predicted octanol–water partition coefficient (Wildman–Crippen LogP) is 4.74. The van der Waals surface area contributed by atoms with Crippen LogP contribution < -0.4 is 5.11 Å². The van der Waals surface area contributed by atoms with Crippen molar-refractivity contribution >= 4 is 5.78 Å². The van der Waals surface area contributed by atoms with Crippen molar-refractivity contribution in [2.45, 2.75) is 27.2 Å². The number of aryl methyl sites for hydroxylation is 2. The summed E-state index contributed by atoms with van der Waals surface area (Å²) >= 11 is 0. The third-order valence-electron chi connectivity index (χ3n) is 4.19. The molecular formula is C27H27N4O2-. The summed E-state index contributed by atoms with van der Waals surface area (Å²) in [6.45, 7) is 8.32. The average Bonchev–Trinajstić information content (AvgIpc) is 2.80. The molecule has 0 spiro atoms. The minimum absolute atomic E-state index is 0.0278. The first-order chi connectivity index (χ1) is 15.8. The summed E-state index contributed by atoms with van der Waals surface area (Å²) in [6.07, 6.45) is 3.16. The number of benzene rings is 2. The van der Waals surface area contributed by atoms with Crippen LogP contribution >= 0.6 is 0 Å². The van der Waals surface area contributed by atoms with Gasteiger partial charge in [-0.1, -0.05) is 60.7 Å². The Labute approximate surface area is 194 Å². The smallest absolute Gasteiger partial charge is 0.132 e. The number of nitrogens with zero attached hydrogens (tertiary/aromatic N) is 4. The fourth-order valence-corrected chi connectivity index (χ4v) is 2.72. The highest BCUT2D eigenvalue weighted by atomic mass is 16.3. The number of allylic oxidation sites excluding steroid dienone is 1. The maximum atomic E-state index is 9.99. The van der Waals surface area contributed by atoms with Crippen molar-refractivity contribution in [2.75, 3.05) is 0 Å². The van der Waals surface area contributed by atoms with Crippen molar-refractivity contribution in [2.24, 2.45) is 0 Å². The van der Waals surface area contributed by atoms with E-state index in [1.165, 1.54) is 6.92 Å². The number of ketones is 1. The van der Waals surface area contributed by atoms with Gasteiger partial charge in [-0.15, -0.1) is 12.3 Å². The van der Waals surface area contributed by atoms with Gasteiger partial charge in [0.1, 0.15) is 18.4 Å². The van der Waals surface area contributed by atoms with Crippen molar-refractivity contribution < 1.29 is 9.90 Å². The molecule has 4 aromatic rings. The summed E-state index contributed by atoms with van der Waals surface area (Å²) < 4.78 is 0. The molecule has 2 aromatic carbocycles. The summed E-state index contributed by atoms with van der Waals surface area (Å²) in [4.78, 5) is 26.5. The van der Waals surface area contributed by atoms with Crippen LogP contribution in [0.25, 0.3) is 22.5 Å². The second-order valence-corrected chi connectivity index (χ2v) is 7.24. The number of carbonyl (C=O) groups excluding carboxylic acids is 1. The van der Waals surface area contributed by atoms with Gasteiger partial charge in [-0.25, -0.2) is 19.9 Å². The Bertz CT molecular complexity index is 1070. The molecule has 0 aliphatic rings. The van der Waals surface area contributed by atoms with Gasteiger partial charge in [0.2, 0.25) is 0 Å². The predicted molar refractivity (Wildman–Crippen MR) is 129 cm³/mol. The van der Waals surface area contributed by atoms with Gasteiger partial charge >= 0.3 is 0 Å². The van der Waals surface area contributed by atoms with Crippen molar-refractivity contribution in [3.63, 3.8) is 0 Å². The van der Waals surface area contributed by atoms with E-state index in [1.807, 2.05) is 86.6 Å². The number of carbonyl (C=O) groups is 1. The Hall–Kier alpha value is -4.19. The molecule has 0 N–H and O–H groups in total. The van der Waals surface area contributed by atoms with Crippen molar-refractivity contribution in [1.29, 1.82) is 0 Å². The molecule has 0 amide bonds. The maximum absolute atomic E-state index is 9.99. The number of aromatic nitrogens is 4. The molecule has 0 unspecified atom stereocenters. The minimum Gasteiger partial charge on any atom is -0.876 e. The van der Waals surface area contributed by atoms with E-state index in [0.717, 1.165) is 33.9 Å². The molecule has 6 nitrogen and oxygen atoms in total. The Morgan fingerprint density at radius 3 is 1.42 bits per heavy atom. The molecule has 0 atom stereocenters. The molecule has 168 valence electrons. The van der Waals surface area contributed by atoms with Gasteiger partial charge < -0.3 is 5.11 Å². The molecule has 0 bridgehead atoms. The van der Waals surface area contributed by atoms with Crippen LogP contribution in [-0.4, -0.2) is 25.7 Å². The van der Waals surface area contributed by atoms with Crippen LogP contribution in [-0.2, 0) is 4.79 Å². The van der Waals surface area contributed by atoms with Crippen LogP contribution in [0.1, 0.15) is 24.7 Å². The van der Waals surface area contributed by atoms with Gasteiger partial charge in [0.15, 0.2) is 0 Å². The zero-order valence-electron chi connectivity index (χ0n) is 19.1. The lowest BCUT2D eigenvalue weighted by molar-refractivity contribution is -0.304. The standard InChI is InChI=1S/2C11H10N2.C5H8O2/c2*1-9-7-11(13-8-12-9)10-5-3-2-4-6-10;1-4(6)3-5(2)7/h2*2-8H,1H3;6H,1,3H2,2H3/p-1. The monoisotopic (exact) mass is 439 g/mol. The zero-order valence-corrected chi connectivity index (χ0v) is 19.1. The van der Waals surface area contributed by atoms with Crippen molar-refractivity contribution in [1.82, 2.24) is 19.9 Å². The summed E-state index contributed by atoms with van der Waals surface area (Å²) in [5.41, 5.74) is 6.21. The Balaban J connectivity index is 0.000000185. The SMILES string of the molecule is C=C([O-])CC(C)=O.Cc1cc(-c2ccccc2)ncn1.Cc1cc(-c2ccccc2)ncn1. The third kappa shape index (κ3) is 9.65. The molecule has 0 saturated heterocycles. The molecule has 2 heterocycles. The fraction of sp³-hybridized carbons (Fsp3) is 0.148. The molecule has 0 fully saturated rings. The van der Waals surface area contributed by atoms with Gasteiger partial charge in [0.25, 0.3) is 0 Å². The molecule has 4 rings (SSSR count).